The zero-order valence-electron chi connectivity index (χ0n) is 12.3. The van der Waals surface area contributed by atoms with Crippen molar-refractivity contribution in [3.63, 3.8) is 0 Å². The molecule has 114 valence electrons. The molecule has 0 fully saturated rings. The number of nitrogens with one attached hydrogen (secondary N) is 1. The molecule has 0 unspecified atom stereocenters. The molecular formula is C15H16N4O2S. The molecule has 22 heavy (non-hydrogen) atoms. The Kier molecular flexibility index (Phi) is 3.89. The molecular weight excluding hydrogens is 300 g/mol. The summed E-state index contributed by atoms with van der Waals surface area (Å²) in [7, 11) is 1.89. The van der Waals surface area contributed by atoms with E-state index in [1.807, 2.05) is 42.9 Å². The van der Waals surface area contributed by atoms with E-state index in [9.17, 15) is 9.59 Å². The van der Waals surface area contributed by atoms with E-state index in [4.69, 9.17) is 0 Å². The molecule has 1 N–H and O–H groups in total. The number of anilines is 2. The average molecular weight is 316 g/mol. The van der Waals surface area contributed by atoms with Crippen LogP contribution in [0.25, 0.3) is 0 Å². The van der Waals surface area contributed by atoms with Crippen LogP contribution in [0, 0.1) is 0 Å². The summed E-state index contributed by atoms with van der Waals surface area (Å²) in [5, 5.41) is 3.22. The van der Waals surface area contributed by atoms with Crippen molar-refractivity contribution in [2.45, 2.75) is 17.3 Å². The summed E-state index contributed by atoms with van der Waals surface area (Å²) in [6, 6.07) is 7.32. The average Bonchev–Trinajstić information content (AvgIpc) is 2.90. The minimum absolute atomic E-state index is 0.0430. The molecule has 0 saturated heterocycles. The van der Waals surface area contributed by atoms with Gasteiger partial charge in [-0.1, -0.05) is 23.9 Å². The lowest BCUT2D eigenvalue weighted by atomic mass is 10.2. The summed E-state index contributed by atoms with van der Waals surface area (Å²) in [4.78, 5) is 30.3. The molecule has 7 heteroatoms. The number of para-hydroxylation sites is 2. The third-order valence-electron chi connectivity index (χ3n) is 3.44. The van der Waals surface area contributed by atoms with Gasteiger partial charge < -0.3 is 9.88 Å². The molecule has 2 amide bonds. The van der Waals surface area contributed by atoms with Gasteiger partial charge in [0.15, 0.2) is 5.16 Å². The molecule has 1 aliphatic heterocycles. The molecule has 1 aromatic heterocycles. The van der Waals surface area contributed by atoms with Gasteiger partial charge in [0.2, 0.25) is 11.8 Å². The van der Waals surface area contributed by atoms with Crippen molar-refractivity contribution < 1.29 is 9.59 Å². The van der Waals surface area contributed by atoms with Gasteiger partial charge in [-0.05, 0) is 19.1 Å². The number of hydrogen-bond acceptors (Lipinski definition) is 4. The molecule has 0 bridgehead atoms. The molecule has 0 saturated carbocycles. The largest absolute Gasteiger partial charge is 0.329 e. The summed E-state index contributed by atoms with van der Waals surface area (Å²) >= 11 is 1.38. The molecule has 6 nitrogen and oxygen atoms in total. The van der Waals surface area contributed by atoms with Gasteiger partial charge in [-0.2, -0.15) is 0 Å². The maximum absolute atomic E-state index is 12.7. The van der Waals surface area contributed by atoms with Crippen LogP contribution in [-0.2, 0) is 16.6 Å². The lowest BCUT2D eigenvalue weighted by Crippen LogP contribution is -2.45. The Morgan fingerprint density at radius 2 is 2.18 bits per heavy atom. The Bertz CT molecular complexity index is 728. The van der Waals surface area contributed by atoms with Crippen molar-refractivity contribution in [1.29, 1.82) is 0 Å². The van der Waals surface area contributed by atoms with Crippen LogP contribution in [0.3, 0.4) is 0 Å². The van der Waals surface area contributed by atoms with E-state index in [2.05, 4.69) is 10.3 Å². The highest BCUT2D eigenvalue weighted by molar-refractivity contribution is 8.00. The van der Waals surface area contributed by atoms with Crippen molar-refractivity contribution in [2.24, 2.45) is 7.05 Å². The van der Waals surface area contributed by atoms with Crippen LogP contribution in [-0.4, -0.2) is 33.2 Å². The number of benzene rings is 1. The number of imidazole rings is 1. The van der Waals surface area contributed by atoms with E-state index in [-0.39, 0.29) is 23.6 Å². The lowest BCUT2D eigenvalue weighted by molar-refractivity contribution is -0.121. The van der Waals surface area contributed by atoms with Crippen LogP contribution >= 0.6 is 11.8 Å². The number of rotatable bonds is 3. The topological polar surface area (TPSA) is 67.2 Å². The van der Waals surface area contributed by atoms with Crippen molar-refractivity contribution in [3.05, 3.63) is 36.7 Å². The van der Waals surface area contributed by atoms with Crippen molar-refractivity contribution in [1.82, 2.24) is 9.55 Å². The zero-order chi connectivity index (χ0) is 15.7. The van der Waals surface area contributed by atoms with E-state index in [1.165, 1.54) is 16.7 Å². The first-order valence-electron chi connectivity index (χ1n) is 6.90. The van der Waals surface area contributed by atoms with Crippen LogP contribution in [0.15, 0.2) is 41.8 Å². The fraction of sp³-hybridized carbons (Fsp3) is 0.267. The third kappa shape index (κ3) is 2.71. The summed E-state index contributed by atoms with van der Waals surface area (Å²) in [6.45, 7) is 1.87. The molecule has 0 aliphatic carbocycles. The van der Waals surface area contributed by atoms with E-state index >= 15 is 0 Å². The number of aryl methyl sites for hydroxylation is 1. The maximum atomic E-state index is 12.7. The highest BCUT2D eigenvalue weighted by atomic mass is 32.2. The van der Waals surface area contributed by atoms with Crippen molar-refractivity contribution >= 4 is 35.0 Å². The predicted octanol–water partition coefficient (Wildman–Crippen LogP) is 1.89. The minimum Gasteiger partial charge on any atom is -0.329 e. The van der Waals surface area contributed by atoms with Crippen LogP contribution in [0.1, 0.15) is 6.92 Å². The molecule has 1 aliphatic rings. The van der Waals surface area contributed by atoms with Gasteiger partial charge in [0, 0.05) is 19.4 Å². The quantitative estimate of drug-likeness (QED) is 0.878. The highest BCUT2D eigenvalue weighted by Gasteiger charge is 2.30. The van der Waals surface area contributed by atoms with Gasteiger partial charge >= 0.3 is 0 Å². The summed E-state index contributed by atoms with van der Waals surface area (Å²) in [5.41, 5.74) is 1.40. The van der Waals surface area contributed by atoms with E-state index < -0.39 is 0 Å². The monoisotopic (exact) mass is 316 g/mol. The first-order chi connectivity index (χ1) is 10.6. The van der Waals surface area contributed by atoms with Gasteiger partial charge in [0.25, 0.3) is 0 Å². The standard InChI is InChI=1S/C15H16N4O2S/c1-10(22-15-16-7-8-18(15)2)14(21)19-9-13(20)17-11-5-3-4-6-12(11)19/h3-8,10H,9H2,1-2H3,(H,17,20)/t10-/m1/s1. The second-order valence-electron chi connectivity index (χ2n) is 5.07. The second-order valence-corrected chi connectivity index (χ2v) is 6.38. The number of fused-ring (bicyclic) bond motifs is 1. The zero-order valence-corrected chi connectivity index (χ0v) is 13.1. The first-order valence-corrected chi connectivity index (χ1v) is 7.78. The minimum atomic E-state index is -0.333. The Morgan fingerprint density at radius 1 is 1.41 bits per heavy atom. The van der Waals surface area contributed by atoms with Gasteiger partial charge in [-0.3, -0.25) is 14.5 Å². The Hall–Kier alpha value is -2.28. The van der Waals surface area contributed by atoms with Gasteiger partial charge in [-0.25, -0.2) is 4.98 Å². The molecule has 1 atom stereocenters. The summed E-state index contributed by atoms with van der Waals surface area (Å²) in [6.07, 6.45) is 3.53. The van der Waals surface area contributed by atoms with E-state index in [0.717, 1.165) is 10.8 Å². The number of thioether (sulfide) groups is 1. The fourth-order valence-electron chi connectivity index (χ4n) is 2.32. The molecule has 2 aromatic rings. The molecule has 0 radical (unpaired) electrons. The Balaban J connectivity index is 1.83. The van der Waals surface area contributed by atoms with Gasteiger partial charge in [0.1, 0.15) is 6.54 Å². The fourth-order valence-corrected chi connectivity index (χ4v) is 3.22. The first kappa shape index (κ1) is 14.6. The third-order valence-corrected chi connectivity index (χ3v) is 4.60. The molecule has 2 heterocycles. The van der Waals surface area contributed by atoms with Gasteiger partial charge in [-0.15, -0.1) is 0 Å². The van der Waals surface area contributed by atoms with Gasteiger partial charge in [0.05, 0.1) is 16.6 Å². The van der Waals surface area contributed by atoms with E-state index in [0.29, 0.717) is 5.69 Å². The lowest BCUT2D eigenvalue weighted by Gasteiger charge is -2.30. The number of carbonyl (C=O) groups excluding carboxylic acids is 2. The normalized spacial score (nSPS) is 15.2. The van der Waals surface area contributed by atoms with Crippen LogP contribution in [0.4, 0.5) is 11.4 Å². The van der Waals surface area contributed by atoms with E-state index in [1.54, 1.807) is 12.3 Å². The van der Waals surface area contributed by atoms with Crippen LogP contribution in [0.5, 0.6) is 0 Å². The number of amides is 2. The molecule has 3 rings (SSSR count). The number of nitrogens with zero attached hydrogens (tertiary/aromatic N) is 3. The summed E-state index contributed by atoms with van der Waals surface area (Å²) in [5.74, 6) is -0.281. The van der Waals surface area contributed by atoms with Crippen molar-refractivity contribution in [3.8, 4) is 0 Å². The molecule has 1 aromatic carbocycles. The predicted molar refractivity (Wildman–Crippen MR) is 86.0 cm³/mol. The Morgan fingerprint density at radius 3 is 2.91 bits per heavy atom. The van der Waals surface area contributed by atoms with Crippen LogP contribution < -0.4 is 10.2 Å². The molecule has 0 spiro atoms. The van der Waals surface area contributed by atoms with Crippen LogP contribution in [0.2, 0.25) is 0 Å². The van der Waals surface area contributed by atoms with Crippen molar-refractivity contribution in [2.75, 3.05) is 16.8 Å². The highest BCUT2D eigenvalue weighted by Crippen LogP contribution is 2.31. The maximum Gasteiger partial charge on any atom is 0.244 e. The second kappa shape index (κ2) is 5.84. The number of hydrogen-bond donors (Lipinski definition) is 1. The smallest absolute Gasteiger partial charge is 0.244 e. The SMILES string of the molecule is C[C@@H](Sc1nccn1C)C(=O)N1CC(=O)Nc2ccccc21. The summed E-state index contributed by atoms with van der Waals surface area (Å²) < 4.78 is 1.87. The Labute approximate surface area is 132 Å². The number of carbonyl (C=O) groups is 2. The number of aromatic nitrogens is 2.